The van der Waals surface area contributed by atoms with Crippen LogP contribution in [-0.2, 0) is 27.2 Å². The van der Waals surface area contributed by atoms with E-state index in [4.69, 9.17) is 0 Å². The van der Waals surface area contributed by atoms with Crippen molar-refractivity contribution in [3.63, 3.8) is 0 Å². The molecule has 0 aliphatic heterocycles. The fourth-order valence-corrected chi connectivity index (χ4v) is 5.13. The van der Waals surface area contributed by atoms with E-state index in [1.54, 1.807) is 14.1 Å². The van der Waals surface area contributed by atoms with E-state index in [1.165, 1.54) is 20.9 Å². The lowest BCUT2D eigenvalue weighted by Gasteiger charge is -2.10. The number of aromatic amines is 2. The molecule has 0 aliphatic carbocycles. The first-order valence-corrected chi connectivity index (χ1v) is 12.7. The molecule has 13 heteroatoms. The van der Waals surface area contributed by atoms with Gasteiger partial charge in [-0.05, 0) is 24.6 Å². The SMILES string of the molecule is CCCCCn1c(Sc2nc3c(c(=O)[nH]c(=O)n3C)n2CCCCC)nc2c1c(=O)[nH]c(=O)n2C. The van der Waals surface area contributed by atoms with Crippen LogP contribution in [0.3, 0.4) is 0 Å². The Bertz CT molecular complexity index is 1500. The fraction of sp³-hybridized carbons (Fsp3) is 0.545. The molecule has 0 saturated heterocycles. The zero-order valence-corrected chi connectivity index (χ0v) is 21.2. The van der Waals surface area contributed by atoms with Crippen LogP contribution in [-0.4, -0.2) is 38.2 Å². The van der Waals surface area contributed by atoms with Crippen LogP contribution < -0.4 is 22.5 Å². The molecule has 0 aromatic carbocycles. The second-order valence-electron chi connectivity index (χ2n) is 8.59. The van der Waals surface area contributed by atoms with Crippen molar-refractivity contribution in [1.29, 1.82) is 0 Å². The van der Waals surface area contributed by atoms with Crippen molar-refractivity contribution in [1.82, 2.24) is 38.2 Å². The van der Waals surface area contributed by atoms with Gasteiger partial charge in [0.25, 0.3) is 11.1 Å². The van der Waals surface area contributed by atoms with Gasteiger partial charge in [-0.3, -0.25) is 28.7 Å². The molecule has 0 aliphatic rings. The Labute approximate surface area is 204 Å². The highest BCUT2D eigenvalue weighted by Crippen LogP contribution is 2.31. The van der Waals surface area contributed by atoms with Crippen molar-refractivity contribution in [3.05, 3.63) is 41.7 Å². The molecule has 0 saturated carbocycles. The molecule has 0 atom stereocenters. The smallest absolute Gasteiger partial charge is 0.313 e. The molecule has 35 heavy (non-hydrogen) atoms. The summed E-state index contributed by atoms with van der Waals surface area (Å²) in [6.45, 7) is 5.28. The quantitative estimate of drug-likeness (QED) is 0.314. The second kappa shape index (κ2) is 10.1. The summed E-state index contributed by atoms with van der Waals surface area (Å²) in [6, 6.07) is 0. The Hall–Kier alpha value is -3.35. The van der Waals surface area contributed by atoms with Crippen LogP contribution in [0.25, 0.3) is 22.3 Å². The number of aromatic nitrogens is 8. The number of hydrogen-bond acceptors (Lipinski definition) is 7. The number of hydrogen-bond donors (Lipinski definition) is 2. The second-order valence-corrected chi connectivity index (χ2v) is 9.52. The van der Waals surface area contributed by atoms with Gasteiger partial charge in [0.2, 0.25) is 0 Å². The van der Waals surface area contributed by atoms with Gasteiger partial charge in [0.15, 0.2) is 32.6 Å². The average molecular weight is 503 g/mol. The van der Waals surface area contributed by atoms with Crippen LogP contribution in [0.15, 0.2) is 29.5 Å². The van der Waals surface area contributed by atoms with Crippen LogP contribution >= 0.6 is 11.8 Å². The third-order valence-electron chi connectivity index (χ3n) is 6.10. The maximum atomic E-state index is 12.7. The minimum absolute atomic E-state index is 0.289. The van der Waals surface area contributed by atoms with Crippen LogP contribution in [0.1, 0.15) is 52.4 Å². The molecule has 2 N–H and O–H groups in total. The van der Waals surface area contributed by atoms with Gasteiger partial charge in [-0.2, -0.15) is 0 Å². The summed E-state index contributed by atoms with van der Waals surface area (Å²) in [6.07, 6.45) is 5.63. The highest BCUT2D eigenvalue weighted by molar-refractivity contribution is 7.99. The first kappa shape index (κ1) is 24.8. The summed E-state index contributed by atoms with van der Waals surface area (Å²) in [7, 11) is 3.13. The van der Waals surface area contributed by atoms with Gasteiger partial charge in [-0.25, -0.2) is 19.6 Å². The van der Waals surface area contributed by atoms with Crippen LogP contribution in [0.4, 0.5) is 0 Å². The van der Waals surface area contributed by atoms with Gasteiger partial charge < -0.3 is 9.13 Å². The van der Waals surface area contributed by atoms with Crippen LogP contribution in [0.2, 0.25) is 0 Å². The zero-order chi connectivity index (χ0) is 25.3. The summed E-state index contributed by atoms with van der Waals surface area (Å²) >= 11 is 1.22. The summed E-state index contributed by atoms with van der Waals surface area (Å²) in [5.74, 6) is 0. The molecule has 0 unspecified atom stereocenters. The highest BCUT2D eigenvalue weighted by Gasteiger charge is 2.23. The monoisotopic (exact) mass is 502 g/mol. The van der Waals surface area contributed by atoms with Crippen molar-refractivity contribution < 1.29 is 0 Å². The van der Waals surface area contributed by atoms with Gasteiger partial charge in [0.1, 0.15) is 0 Å². The molecule has 0 fully saturated rings. The largest absolute Gasteiger partial charge is 0.329 e. The maximum absolute atomic E-state index is 12.7. The number of nitrogens with one attached hydrogen (secondary N) is 2. The molecule has 4 aromatic rings. The summed E-state index contributed by atoms with van der Waals surface area (Å²) < 4.78 is 6.26. The van der Waals surface area contributed by atoms with Gasteiger partial charge in [-0.15, -0.1) is 0 Å². The minimum Gasteiger partial charge on any atom is -0.313 e. The van der Waals surface area contributed by atoms with E-state index in [9.17, 15) is 19.2 Å². The maximum Gasteiger partial charge on any atom is 0.329 e. The van der Waals surface area contributed by atoms with E-state index in [0.29, 0.717) is 34.4 Å². The minimum atomic E-state index is -0.536. The van der Waals surface area contributed by atoms with E-state index in [2.05, 4.69) is 33.8 Å². The number of rotatable bonds is 10. The predicted molar refractivity (Wildman–Crippen MR) is 134 cm³/mol. The van der Waals surface area contributed by atoms with Gasteiger partial charge in [-0.1, -0.05) is 39.5 Å². The number of fused-ring (bicyclic) bond motifs is 2. The highest BCUT2D eigenvalue weighted by atomic mass is 32.2. The Morgan fingerprint density at radius 1 is 0.686 bits per heavy atom. The lowest BCUT2D eigenvalue weighted by molar-refractivity contribution is 0.568. The molecule has 0 bridgehead atoms. The Kier molecular flexibility index (Phi) is 7.15. The summed E-state index contributed by atoms with van der Waals surface area (Å²) in [4.78, 5) is 63.8. The molecule has 4 rings (SSSR count). The number of H-pyrrole nitrogens is 2. The molecule has 12 nitrogen and oxygen atoms in total. The molecule has 188 valence electrons. The zero-order valence-electron chi connectivity index (χ0n) is 20.4. The first-order valence-electron chi connectivity index (χ1n) is 11.8. The molecular weight excluding hydrogens is 472 g/mol. The topological polar surface area (TPSA) is 145 Å². The number of unbranched alkanes of at least 4 members (excludes halogenated alkanes) is 4. The van der Waals surface area contributed by atoms with Crippen LogP contribution in [0.5, 0.6) is 0 Å². The molecule has 0 spiro atoms. The summed E-state index contributed by atoms with van der Waals surface area (Å²) in [5, 5.41) is 0.993. The average Bonchev–Trinajstić information content (AvgIpc) is 3.36. The van der Waals surface area contributed by atoms with Crippen molar-refractivity contribution in [3.8, 4) is 0 Å². The molecule has 0 radical (unpaired) electrons. The number of aryl methyl sites for hydroxylation is 4. The van der Waals surface area contributed by atoms with Crippen molar-refractivity contribution in [2.45, 2.75) is 75.8 Å². The third kappa shape index (κ3) is 4.51. The molecule has 0 amide bonds. The lowest BCUT2D eigenvalue weighted by Crippen LogP contribution is -2.29. The van der Waals surface area contributed by atoms with E-state index in [-0.39, 0.29) is 11.3 Å². The number of nitrogens with zero attached hydrogens (tertiary/aromatic N) is 6. The molecule has 4 aromatic heterocycles. The van der Waals surface area contributed by atoms with E-state index < -0.39 is 22.5 Å². The van der Waals surface area contributed by atoms with E-state index >= 15 is 0 Å². The Morgan fingerprint density at radius 2 is 1.09 bits per heavy atom. The lowest BCUT2D eigenvalue weighted by atomic mass is 10.2. The van der Waals surface area contributed by atoms with Gasteiger partial charge in [0.05, 0.1) is 0 Å². The molecule has 4 heterocycles. The normalized spacial score (nSPS) is 11.8. The van der Waals surface area contributed by atoms with Crippen molar-refractivity contribution in [2.24, 2.45) is 14.1 Å². The van der Waals surface area contributed by atoms with Crippen LogP contribution in [0, 0.1) is 0 Å². The predicted octanol–water partition coefficient (Wildman–Crippen LogP) is 1.69. The summed E-state index contributed by atoms with van der Waals surface area (Å²) in [5.41, 5.74) is -0.831. The van der Waals surface area contributed by atoms with Gasteiger partial charge >= 0.3 is 11.4 Å². The van der Waals surface area contributed by atoms with E-state index in [1.807, 2.05) is 9.13 Å². The van der Waals surface area contributed by atoms with E-state index in [0.717, 1.165) is 38.5 Å². The standard InChI is InChI=1S/C22H30N8O4S/c1-5-7-9-11-29-13-15(27(3)19(33)25-17(13)31)23-21(29)35-22-24-16-14(30(22)12-10-8-6-2)18(32)26-20(34)28(16)4/h5-12H2,1-4H3,(H,25,31,33)(H,26,32,34). The Morgan fingerprint density at radius 3 is 1.46 bits per heavy atom. The molecular formula is C22H30N8O4S. The number of imidazole rings is 2. The first-order chi connectivity index (χ1) is 16.8. The van der Waals surface area contributed by atoms with Gasteiger partial charge in [0, 0.05) is 27.2 Å². The van der Waals surface area contributed by atoms with Crippen molar-refractivity contribution in [2.75, 3.05) is 0 Å². The Balaban J connectivity index is 1.92. The fourth-order valence-electron chi connectivity index (χ4n) is 4.12. The van der Waals surface area contributed by atoms with Crippen molar-refractivity contribution >= 4 is 34.1 Å². The third-order valence-corrected chi connectivity index (χ3v) is 7.09.